The highest BCUT2D eigenvalue weighted by molar-refractivity contribution is 5.80. The molecule has 0 bridgehead atoms. The van der Waals surface area contributed by atoms with Crippen molar-refractivity contribution in [3.05, 3.63) is 24.2 Å². The van der Waals surface area contributed by atoms with Gasteiger partial charge in [-0.3, -0.25) is 9.89 Å². The van der Waals surface area contributed by atoms with Gasteiger partial charge in [-0.1, -0.05) is 0 Å². The lowest BCUT2D eigenvalue weighted by Gasteiger charge is -2.20. The number of ether oxygens (including phenoxy) is 1. The van der Waals surface area contributed by atoms with E-state index in [-0.39, 0.29) is 12.1 Å². The molecule has 0 spiro atoms. The topological polar surface area (TPSA) is 62.0 Å². The Morgan fingerprint density at radius 2 is 2.22 bits per heavy atom. The van der Waals surface area contributed by atoms with E-state index in [0.717, 1.165) is 25.2 Å². The van der Waals surface area contributed by atoms with Crippen molar-refractivity contribution in [1.29, 1.82) is 0 Å². The Hall–Kier alpha value is -1.74. The fourth-order valence-corrected chi connectivity index (χ4v) is 3.43. The molecule has 0 saturated carbocycles. The number of halogens is 3. The smallest absolute Gasteiger partial charge is 0.401 e. The summed E-state index contributed by atoms with van der Waals surface area (Å²) in [6, 6.07) is 3.70. The van der Waals surface area contributed by atoms with Crippen LogP contribution in [0, 0.1) is 0 Å². The van der Waals surface area contributed by atoms with Crippen molar-refractivity contribution in [2.24, 2.45) is 4.99 Å². The van der Waals surface area contributed by atoms with E-state index in [2.05, 4.69) is 15.6 Å². The van der Waals surface area contributed by atoms with Crippen molar-refractivity contribution in [2.75, 3.05) is 39.3 Å². The zero-order valence-electron chi connectivity index (χ0n) is 15.3. The predicted molar refractivity (Wildman–Crippen MR) is 95.7 cm³/mol. The minimum Gasteiger partial charge on any atom is -0.469 e. The highest BCUT2D eigenvalue weighted by atomic mass is 19.4. The van der Waals surface area contributed by atoms with Gasteiger partial charge >= 0.3 is 6.18 Å². The monoisotopic (exact) mass is 388 g/mol. The summed E-state index contributed by atoms with van der Waals surface area (Å²) in [6.07, 6.45) is 1.00. The van der Waals surface area contributed by atoms with Gasteiger partial charge in [0.15, 0.2) is 5.96 Å². The molecule has 2 aliphatic heterocycles. The molecule has 3 rings (SSSR count). The Morgan fingerprint density at radius 3 is 2.93 bits per heavy atom. The SMILES string of the molecule is FC(F)(F)CN1CCC(NC(=NCC2CCCO2)NCCc2ccco2)C1. The zero-order valence-corrected chi connectivity index (χ0v) is 15.3. The van der Waals surface area contributed by atoms with E-state index in [0.29, 0.717) is 45.0 Å². The molecule has 2 saturated heterocycles. The van der Waals surface area contributed by atoms with Crippen molar-refractivity contribution < 1.29 is 22.3 Å². The van der Waals surface area contributed by atoms with Crippen LogP contribution < -0.4 is 10.6 Å². The second-order valence-corrected chi connectivity index (χ2v) is 7.06. The van der Waals surface area contributed by atoms with Crippen LogP contribution >= 0.6 is 0 Å². The molecule has 2 N–H and O–H groups in total. The van der Waals surface area contributed by atoms with Crippen LogP contribution in [-0.4, -0.2) is 68.5 Å². The first kappa shape index (κ1) is 20.0. The van der Waals surface area contributed by atoms with Gasteiger partial charge in [0.2, 0.25) is 0 Å². The molecule has 1 aromatic rings. The molecule has 0 aromatic carbocycles. The van der Waals surface area contributed by atoms with Gasteiger partial charge in [-0.05, 0) is 31.4 Å². The lowest BCUT2D eigenvalue weighted by molar-refractivity contribution is -0.143. The Morgan fingerprint density at radius 1 is 1.33 bits per heavy atom. The standard InChI is InChI=1S/C18H27F3N4O2/c19-18(20,21)13-25-8-6-14(12-25)24-17(23-11-16-4-2-10-27-16)22-7-5-15-3-1-9-26-15/h1,3,9,14,16H,2,4-8,10-13H2,(H2,22,23,24). The van der Waals surface area contributed by atoms with E-state index in [4.69, 9.17) is 9.15 Å². The first-order valence-electron chi connectivity index (χ1n) is 9.46. The maximum atomic E-state index is 12.6. The van der Waals surface area contributed by atoms with Gasteiger partial charge in [0, 0.05) is 38.7 Å². The fourth-order valence-electron chi connectivity index (χ4n) is 3.43. The Bertz CT molecular complexity index is 586. The van der Waals surface area contributed by atoms with E-state index >= 15 is 0 Å². The molecule has 0 aliphatic carbocycles. The Balaban J connectivity index is 1.50. The molecule has 2 atom stereocenters. The molecule has 152 valence electrons. The minimum absolute atomic E-state index is 0.0493. The summed E-state index contributed by atoms with van der Waals surface area (Å²) in [6.45, 7) is 1.88. The number of nitrogens with zero attached hydrogens (tertiary/aromatic N) is 2. The summed E-state index contributed by atoms with van der Waals surface area (Å²) in [7, 11) is 0. The zero-order chi connectivity index (χ0) is 19.1. The van der Waals surface area contributed by atoms with Crippen LogP contribution in [0.2, 0.25) is 0 Å². The fraction of sp³-hybridized carbons (Fsp3) is 0.722. The molecule has 2 unspecified atom stereocenters. The molecule has 3 heterocycles. The number of hydrogen-bond acceptors (Lipinski definition) is 4. The number of guanidine groups is 1. The average Bonchev–Trinajstić information content (AvgIpc) is 3.34. The van der Waals surface area contributed by atoms with Crippen LogP contribution in [-0.2, 0) is 11.2 Å². The second-order valence-electron chi connectivity index (χ2n) is 7.06. The highest BCUT2D eigenvalue weighted by Crippen LogP contribution is 2.20. The molecule has 0 amide bonds. The van der Waals surface area contributed by atoms with E-state index in [9.17, 15) is 13.2 Å². The highest BCUT2D eigenvalue weighted by Gasteiger charge is 2.34. The van der Waals surface area contributed by atoms with E-state index in [1.54, 1.807) is 6.26 Å². The van der Waals surface area contributed by atoms with Gasteiger partial charge in [0.05, 0.1) is 25.5 Å². The number of rotatable bonds is 7. The third-order valence-electron chi connectivity index (χ3n) is 4.74. The number of nitrogens with one attached hydrogen (secondary N) is 2. The van der Waals surface area contributed by atoms with E-state index in [1.807, 2.05) is 12.1 Å². The third-order valence-corrected chi connectivity index (χ3v) is 4.74. The summed E-state index contributed by atoms with van der Waals surface area (Å²) >= 11 is 0. The number of aliphatic imine (C=N–C) groups is 1. The lowest BCUT2D eigenvalue weighted by Crippen LogP contribution is -2.46. The second kappa shape index (κ2) is 9.45. The molecule has 1 aromatic heterocycles. The molecule has 6 nitrogen and oxygen atoms in total. The summed E-state index contributed by atoms with van der Waals surface area (Å²) in [5.74, 6) is 1.49. The van der Waals surface area contributed by atoms with Crippen molar-refractivity contribution in [2.45, 2.75) is 44.0 Å². The van der Waals surface area contributed by atoms with E-state index < -0.39 is 12.7 Å². The first-order chi connectivity index (χ1) is 13.0. The quantitative estimate of drug-likeness (QED) is 0.554. The van der Waals surface area contributed by atoms with Crippen molar-refractivity contribution >= 4 is 5.96 Å². The Labute approximate surface area is 157 Å². The van der Waals surface area contributed by atoms with Gasteiger partial charge in [-0.2, -0.15) is 13.2 Å². The van der Waals surface area contributed by atoms with Gasteiger partial charge in [0.25, 0.3) is 0 Å². The molecule has 27 heavy (non-hydrogen) atoms. The van der Waals surface area contributed by atoms with Gasteiger partial charge in [-0.15, -0.1) is 0 Å². The Kier molecular flexibility index (Phi) is 7.01. The van der Waals surface area contributed by atoms with Crippen molar-refractivity contribution in [3.63, 3.8) is 0 Å². The summed E-state index contributed by atoms with van der Waals surface area (Å²) < 4.78 is 48.6. The summed E-state index contributed by atoms with van der Waals surface area (Å²) in [5, 5.41) is 6.53. The van der Waals surface area contributed by atoms with Gasteiger partial charge in [0.1, 0.15) is 5.76 Å². The van der Waals surface area contributed by atoms with E-state index in [1.165, 1.54) is 4.90 Å². The normalized spacial score (nSPS) is 24.5. The predicted octanol–water partition coefficient (Wildman–Crippen LogP) is 2.17. The van der Waals surface area contributed by atoms with Gasteiger partial charge in [-0.25, -0.2) is 0 Å². The summed E-state index contributed by atoms with van der Waals surface area (Å²) in [4.78, 5) is 6.01. The molecular weight excluding hydrogens is 361 g/mol. The first-order valence-corrected chi connectivity index (χ1v) is 9.46. The number of likely N-dealkylation sites (tertiary alicyclic amines) is 1. The third kappa shape index (κ3) is 7.06. The minimum atomic E-state index is -4.16. The average molecular weight is 388 g/mol. The largest absolute Gasteiger partial charge is 0.469 e. The van der Waals surface area contributed by atoms with Crippen LogP contribution in [0.25, 0.3) is 0 Å². The molecule has 9 heteroatoms. The number of hydrogen-bond donors (Lipinski definition) is 2. The lowest BCUT2D eigenvalue weighted by atomic mass is 10.2. The summed E-state index contributed by atoms with van der Waals surface area (Å²) in [5.41, 5.74) is 0. The maximum Gasteiger partial charge on any atom is 0.401 e. The van der Waals surface area contributed by atoms with Crippen LogP contribution in [0.5, 0.6) is 0 Å². The number of furan rings is 1. The van der Waals surface area contributed by atoms with Crippen molar-refractivity contribution in [1.82, 2.24) is 15.5 Å². The van der Waals surface area contributed by atoms with Crippen LogP contribution in [0.1, 0.15) is 25.0 Å². The van der Waals surface area contributed by atoms with Crippen molar-refractivity contribution in [3.8, 4) is 0 Å². The van der Waals surface area contributed by atoms with Gasteiger partial charge < -0.3 is 19.8 Å². The molecule has 2 aliphatic rings. The molecule has 0 radical (unpaired) electrons. The number of alkyl halides is 3. The maximum absolute atomic E-state index is 12.6. The molecule has 2 fully saturated rings. The van der Waals surface area contributed by atoms with Crippen LogP contribution in [0.4, 0.5) is 13.2 Å². The van der Waals surface area contributed by atoms with Crippen LogP contribution in [0.15, 0.2) is 27.8 Å². The molecular formula is C18H27F3N4O2. The van der Waals surface area contributed by atoms with Crippen LogP contribution in [0.3, 0.4) is 0 Å².